The first kappa shape index (κ1) is 20.0. The van der Waals surface area contributed by atoms with Gasteiger partial charge >= 0.3 is 0 Å². The Morgan fingerprint density at radius 1 is 1.25 bits per heavy atom. The zero-order chi connectivity index (χ0) is 19.9. The van der Waals surface area contributed by atoms with Crippen molar-refractivity contribution in [1.29, 1.82) is 0 Å². The highest BCUT2D eigenvalue weighted by Crippen LogP contribution is 2.22. The van der Waals surface area contributed by atoms with E-state index >= 15 is 0 Å². The van der Waals surface area contributed by atoms with Crippen LogP contribution in [-0.2, 0) is 16.0 Å². The molecule has 8 heteroatoms. The van der Waals surface area contributed by atoms with E-state index in [9.17, 15) is 9.59 Å². The third-order valence-corrected chi connectivity index (χ3v) is 5.03. The van der Waals surface area contributed by atoms with Crippen LogP contribution in [0.4, 0.5) is 0 Å². The summed E-state index contributed by atoms with van der Waals surface area (Å²) in [5.74, 6) is 0.230. The zero-order valence-corrected chi connectivity index (χ0v) is 16.5. The molecule has 1 N–H and O–H groups in total. The second kappa shape index (κ2) is 9.43. The highest BCUT2D eigenvalue weighted by molar-refractivity contribution is 5.83. The Morgan fingerprint density at radius 3 is 2.71 bits per heavy atom. The zero-order valence-electron chi connectivity index (χ0n) is 16.5. The predicted octanol–water partition coefficient (Wildman–Crippen LogP) is 1.47. The molecule has 2 atom stereocenters. The molecule has 2 amide bonds. The molecular weight excluding hydrogens is 356 g/mol. The van der Waals surface area contributed by atoms with Gasteiger partial charge in [0.2, 0.25) is 11.8 Å². The molecule has 1 aliphatic rings. The fourth-order valence-corrected chi connectivity index (χ4v) is 3.49. The van der Waals surface area contributed by atoms with Crippen LogP contribution in [-0.4, -0.2) is 56.6 Å². The summed E-state index contributed by atoms with van der Waals surface area (Å²) in [7, 11) is 0. The van der Waals surface area contributed by atoms with Gasteiger partial charge in [0.15, 0.2) is 0 Å². The summed E-state index contributed by atoms with van der Waals surface area (Å²) in [4.78, 5) is 27.6. The molecule has 1 aliphatic heterocycles. The maximum absolute atomic E-state index is 13.3. The van der Waals surface area contributed by atoms with Crippen molar-refractivity contribution in [3.05, 3.63) is 42.2 Å². The lowest BCUT2D eigenvalue weighted by molar-refractivity contribution is -0.139. The van der Waals surface area contributed by atoms with Crippen molar-refractivity contribution in [3.63, 3.8) is 0 Å². The van der Waals surface area contributed by atoms with Crippen molar-refractivity contribution in [2.45, 2.75) is 39.2 Å². The Hall–Kier alpha value is -2.77. The molecule has 150 valence electrons. The lowest BCUT2D eigenvalue weighted by atomic mass is 9.95. The molecule has 0 radical (unpaired) electrons. The molecule has 0 aliphatic carbocycles. The number of carbonyl (C=O) groups is 2. The number of nitrogens with one attached hydrogen (secondary N) is 1. The van der Waals surface area contributed by atoms with E-state index in [-0.39, 0.29) is 17.7 Å². The van der Waals surface area contributed by atoms with Crippen LogP contribution < -0.4 is 5.32 Å². The highest BCUT2D eigenvalue weighted by atomic mass is 16.2. The lowest BCUT2D eigenvalue weighted by Crippen LogP contribution is -2.48. The first-order valence-electron chi connectivity index (χ1n) is 9.87. The predicted molar refractivity (Wildman–Crippen MR) is 104 cm³/mol. The lowest BCUT2D eigenvalue weighted by Gasteiger charge is -2.34. The maximum atomic E-state index is 13.3. The summed E-state index contributed by atoms with van der Waals surface area (Å²) in [6, 6.07) is 9.31. The van der Waals surface area contributed by atoms with Crippen LogP contribution in [0.2, 0.25) is 0 Å². The number of benzene rings is 1. The van der Waals surface area contributed by atoms with E-state index in [1.165, 1.54) is 11.0 Å². The number of piperidine rings is 1. The van der Waals surface area contributed by atoms with Crippen molar-refractivity contribution in [2.75, 3.05) is 19.6 Å². The van der Waals surface area contributed by atoms with E-state index in [0.717, 1.165) is 18.4 Å². The van der Waals surface area contributed by atoms with E-state index < -0.39 is 6.04 Å². The van der Waals surface area contributed by atoms with Gasteiger partial charge in [0, 0.05) is 26.1 Å². The molecule has 2 heterocycles. The van der Waals surface area contributed by atoms with E-state index in [0.29, 0.717) is 32.0 Å². The number of nitrogens with zero attached hydrogens (tertiary/aromatic N) is 5. The topological polar surface area (TPSA) is 93.0 Å². The number of likely N-dealkylation sites (tertiary alicyclic amines) is 1. The van der Waals surface area contributed by atoms with Crippen LogP contribution in [0.3, 0.4) is 0 Å². The normalized spacial score (nSPS) is 18.1. The first-order chi connectivity index (χ1) is 13.5. The molecule has 3 rings (SSSR count). The minimum atomic E-state index is -0.519. The van der Waals surface area contributed by atoms with Crippen LogP contribution in [0.1, 0.15) is 38.3 Å². The SMILES string of the molecule is CC(C)CNC(=O)[C@H]1CCCN(C(=O)[C@H](Cc2ccccc2)n2cnnn2)C1. The summed E-state index contributed by atoms with van der Waals surface area (Å²) < 4.78 is 1.51. The van der Waals surface area contributed by atoms with Gasteiger partial charge in [-0.2, -0.15) is 0 Å². The van der Waals surface area contributed by atoms with Gasteiger partial charge in [0.05, 0.1) is 5.92 Å². The summed E-state index contributed by atoms with van der Waals surface area (Å²) >= 11 is 0. The molecule has 1 fully saturated rings. The molecule has 0 saturated carbocycles. The molecule has 2 aromatic rings. The van der Waals surface area contributed by atoms with Gasteiger partial charge < -0.3 is 10.2 Å². The third kappa shape index (κ3) is 5.15. The van der Waals surface area contributed by atoms with Crippen LogP contribution >= 0.6 is 0 Å². The Labute approximate surface area is 165 Å². The standard InChI is InChI=1S/C20H28N6O2/c1-15(2)12-21-19(27)17-9-6-10-25(13-17)20(28)18(26-14-22-23-24-26)11-16-7-4-3-5-8-16/h3-5,7-8,14-15,17-18H,6,9-13H2,1-2H3,(H,21,27)/t17-,18-/m0/s1. The second-order valence-corrected chi connectivity index (χ2v) is 7.76. The molecule has 0 bridgehead atoms. The molecule has 1 aromatic heterocycles. The van der Waals surface area contributed by atoms with Gasteiger partial charge in [-0.1, -0.05) is 44.2 Å². The average molecular weight is 384 g/mol. The summed E-state index contributed by atoms with van der Waals surface area (Å²) in [6.07, 6.45) is 3.61. The molecule has 1 aromatic carbocycles. The molecular formula is C20H28N6O2. The van der Waals surface area contributed by atoms with Crippen LogP contribution in [0.5, 0.6) is 0 Å². The third-order valence-electron chi connectivity index (χ3n) is 5.03. The van der Waals surface area contributed by atoms with Crippen molar-refractivity contribution in [2.24, 2.45) is 11.8 Å². The quantitative estimate of drug-likeness (QED) is 0.780. The van der Waals surface area contributed by atoms with Crippen LogP contribution in [0, 0.1) is 11.8 Å². The van der Waals surface area contributed by atoms with Gasteiger partial charge in [0.25, 0.3) is 0 Å². The van der Waals surface area contributed by atoms with E-state index in [4.69, 9.17) is 0 Å². The van der Waals surface area contributed by atoms with Crippen molar-refractivity contribution in [3.8, 4) is 0 Å². The monoisotopic (exact) mass is 384 g/mol. The number of hydrogen-bond donors (Lipinski definition) is 1. The Balaban J connectivity index is 1.70. The van der Waals surface area contributed by atoms with Crippen molar-refractivity contribution in [1.82, 2.24) is 30.4 Å². The van der Waals surface area contributed by atoms with Gasteiger partial charge in [0.1, 0.15) is 12.4 Å². The number of aromatic nitrogens is 4. The number of amides is 2. The maximum Gasteiger partial charge on any atom is 0.247 e. The Morgan fingerprint density at radius 2 is 2.04 bits per heavy atom. The van der Waals surface area contributed by atoms with Gasteiger partial charge in [-0.05, 0) is 34.7 Å². The molecule has 0 unspecified atom stereocenters. The minimum Gasteiger partial charge on any atom is -0.356 e. The van der Waals surface area contributed by atoms with E-state index in [1.54, 1.807) is 4.90 Å². The van der Waals surface area contributed by atoms with Gasteiger partial charge in [-0.15, -0.1) is 5.10 Å². The Bertz CT molecular complexity index is 762. The molecule has 28 heavy (non-hydrogen) atoms. The van der Waals surface area contributed by atoms with Crippen LogP contribution in [0.25, 0.3) is 0 Å². The number of rotatable bonds is 7. The number of carbonyl (C=O) groups excluding carboxylic acids is 2. The second-order valence-electron chi connectivity index (χ2n) is 7.76. The average Bonchev–Trinajstić information content (AvgIpc) is 3.25. The molecule has 1 saturated heterocycles. The van der Waals surface area contributed by atoms with Crippen molar-refractivity contribution >= 4 is 11.8 Å². The summed E-state index contributed by atoms with van der Waals surface area (Å²) in [5, 5.41) is 14.3. The molecule has 8 nitrogen and oxygen atoms in total. The smallest absolute Gasteiger partial charge is 0.247 e. The van der Waals surface area contributed by atoms with Crippen molar-refractivity contribution < 1.29 is 9.59 Å². The fourth-order valence-electron chi connectivity index (χ4n) is 3.49. The largest absolute Gasteiger partial charge is 0.356 e. The Kier molecular flexibility index (Phi) is 6.73. The fraction of sp³-hybridized carbons (Fsp3) is 0.550. The summed E-state index contributed by atoms with van der Waals surface area (Å²) in [5.41, 5.74) is 1.04. The first-order valence-corrected chi connectivity index (χ1v) is 9.87. The van der Waals surface area contributed by atoms with Gasteiger partial charge in [-0.25, -0.2) is 4.68 Å². The van der Waals surface area contributed by atoms with Crippen LogP contribution in [0.15, 0.2) is 36.7 Å². The number of hydrogen-bond acceptors (Lipinski definition) is 5. The number of tetrazole rings is 1. The minimum absolute atomic E-state index is 0.0354. The van der Waals surface area contributed by atoms with Gasteiger partial charge in [-0.3, -0.25) is 9.59 Å². The van der Waals surface area contributed by atoms with E-state index in [2.05, 4.69) is 34.7 Å². The molecule has 0 spiro atoms. The highest BCUT2D eigenvalue weighted by Gasteiger charge is 2.33. The van der Waals surface area contributed by atoms with E-state index in [1.807, 2.05) is 30.3 Å². The summed E-state index contributed by atoms with van der Waals surface area (Å²) in [6.45, 7) is 5.88.